The van der Waals surface area contributed by atoms with Gasteiger partial charge in [-0.25, -0.2) is 0 Å². The van der Waals surface area contributed by atoms with Crippen molar-refractivity contribution >= 4 is 17.3 Å². The van der Waals surface area contributed by atoms with Gasteiger partial charge in [-0.3, -0.25) is 0 Å². The van der Waals surface area contributed by atoms with Gasteiger partial charge in [0.25, 0.3) is 0 Å². The Kier molecular flexibility index (Phi) is 4.36. The molecule has 0 unspecified atom stereocenters. The van der Waals surface area contributed by atoms with Crippen LogP contribution in [0.15, 0.2) is 18.2 Å². The van der Waals surface area contributed by atoms with Gasteiger partial charge in [0.05, 0.1) is 18.2 Å². The molecule has 0 bridgehead atoms. The van der Waals surface area contributed by atoms with Crippen LogP contribution in [0.2, 0.25) is 5.02 Å². The van der Waals surface area contributed by atoms with Gasteiger partial charge in [-0.1, -0.05) is 18.0 Å². The fourth-order valence-electron chi connectivity index (χ4n) is 2.24. The summed E-state index contributed by atoms with van der Waals surface area (Å²) in [6.07, 6.45) is 3.41. The molecule has 4 heteroatoms. The van der Waals surface area contributed by atoms with E-state index in [1.54, 1.807) is 0 Å². The molecule has 0 atom stereocenters. The molecule has 0 aliphatic heterocycles. The first-order valence-electron chi connectivity index (χ1n) is 6.46. The number of nitrogens with one attached hydrogen (secondary N) is 1. The summed E-state index contributed by atoms with van der Waals surface area (Å²) in [6.45, 7) is 3.60. The number of hydrogen-bond acceptors (Lipinski definition) is 3. The standard InChI is InChI=1S/C14H20ClNO2/c1-2-18-13-5-4-11(8-12(13)15)16-9-14(10-17)6-3-7-14/h4-5,8,16-17H,2-3,6-7,9-10H2,1H3. The predicted octanol–water partition coefficient (Wildman–Crippen LogP) is 3.31. The summed E-state index contributed by atoms with van der Waals surface area (Å²) < 4.78 is 5.39. The first kappa shape index (κ1) is 13.5. The topological polar surface area (TPSA) is 41.5 Å². The van der Waals surface area contributed by atoms with Crippen molar-refractivity contribution in [1.29, 1.82) is 0 Å². The summed E-state index contributed by atoms with van der Waals surface area (Å²) >= 11 is 6.13. The van der Waals surface area contributed by atoms with Crippen LogP contribution in [0.5, 0.6) is 5.75 Å². The third-order valence-corrected chi connectivity index (χ3v) is 3.94. The zero-order valence-corrected chi connectivity index (χ0v) is 11.5. The Balaban J connectivity index is 1.95. The smallest absolute Gasteiger partial charge is 0.138 e. The average Bonchev–Trinajstić information content (AvgIpc) is 2.32. The van der Waals surface area contributed by atoms with E-state index in [4.69, 9.17) is 16.3 Å². The first-order valence-corrected chi connectivity index (χ1v) is 6.84. The lowest BCUT2D eigenvalue weighted by molar-refractivity contribution is 0.0576. The second-order valence-electron chi connectivity index (χ2n) is 4.94. The summed E-state index contributed by atoms with van der Waals surface area (Å²) in [4.78, 5) is 0. The predicted molar refractivity (Wildman–Crippen MR) is 74.5 cm³/mol. The van der Waals surface area contributed by atoms with Crippen LogP contribution < -0.4 is 10.1 Å². The lowest BCUT2D eigenvalue weighted by Gasteiger charge is -2.40. The molecule has 0 radical (unpaired) electrons. The van der Waals surface area contributed by atoms with Gasteiger partial charge >= 0.3 is 0 Å². The number of benzene rings is 1. The van der Waals surface area contributed by atoms with Crippen molar-refractivity contribution in [2.45, 2.75) is 26.2 Å². The molecule has 0 aromatic heterocycles. The molecule has 1 aliphatic carbocycles. The molecule has 3 nitrogen and oxygen atoms in total. The van der Waals surface area contributed by atoms with E-state index in [1.165, 1.54) is 6.42 Å². The molecular formula is C14H20ClNO2. The van der Waals surface area contributed by atoms with Crippen LogP contribution in [0.3, 0.4) is 0 Å². The Bertz CT molecular complexity index is 399. The maximum absolute atomic E-state index is 9.40. The molecule has 1 aliphatic rings. The van der Waals surface area contributed by atoms with Crippen molar-refractivity contribution < 1.29 is 9.84 Å². The van der Waals surface area contributed by atoms with Crippen LogP contribution in [0.4, 0.5) is 5.69 Å². The Morgan fingerprint density at radius 1 is 1.44 bits per heavy atom. The normalized spacial score (nSPS) is 17.1. The van der Waals surface area contributed by atoms with Gasteiger partial charge in [0.2, 0.25) is 0 Å². The van der Waals surface area contributed by atoms with Crippen molar-refractivity contribution in [3.8, 4) is 5.75 Å². The summed E-state index contributed by atoms with van der Waals surface area (Å²) in [5.41, 5.74) is 1.05. The van der Waals surface area contributed by atoms with Gasteiger partial charge in [0.15, 0.2) is 0 Å². The summed E-state index contributed by atoms with van der Waals surface area (Å²) in [5, 5.41) is 13.4. The second kappa shape index (κ2) is 5.81. The lowest BCUT2D eigenvalue weighted by atomic mass is 9.69. The van der Waals surface area contributed by atoms with E-state index in [9.17, 15) is 5.11 Å². The molecule has 2 rings (SSSR count). The maximum atomic E-state index is 9.40. The number of anilines is 1. The number of hydrogen-bond donors (Lipinski definition) is 2. The van der Waals surface area contributed by atoms with Crippen LogP contribution >= 0.6 is 11.6 Å². The first-order chi connectivity index (χ1) is 8.69. The summed E-state index contributed by atoms with van der Waals surface area (Å²) in [6, 6.07) is 5.71. The second-order valence-corrected chi connectivity index (χ2v) is 5.35. The summed E-state index contributed by atoms with van der Waals surface area (Å²) in [7, 11) is 0. The van der Waals surface area contributed by atoms with E-state index in [0.717, 1.165) is 25.1 Å². The molecule has 1 aromatic carbocycles. The molecule has 0 heterocycles. The minimum Gasteiger partial charge on any atom is -0.492 e. The Morgan fingerprint density at radius 3 is 2.72 bits per heavy atom. The third kappa shape index (κ3) is 2.90. The Morgan fingerprint density at radius 2 is 2.22 bits per heavy atom. The van der Waals surface area contributed by atoms with Crippen molar-refractivity contribution in [3.63, 3.8) is 0 Å². The van der Waals surface area contributed by atoms with E-state index in [1.807, 2.05) is 25.1 Å². The van der Waals surface area contributed by atoms with Crippen LogP contribution in [-0.2, 0) is 0 Å². The van der Waals surface area contributed by atoms with E-state index in [-0.39, 0.29) is 12.0 Å². The van der Waals surface area contributed by atoms with E-state index in [0.29, 0.717) is 17.4 Å². The van der Waals surface area contributed by atoms with Crippen molar-refractivity contribution in [2.75, 3.05) is 25.1 Å². The quantitative estimate of drug-likeness (QED) is 0.832. The number of aliphatic hydroxyl groups excluding tert-OH is 1. The van der Waals surface area contributed by atoms with Gasteiger partial charge in [-0.15, -0.1) is 0 Å². The number of rotatable bonds is 6. The Labute approximate surface area is 113 Å². The minimum atomic E-state index is 0.0745. The molecule has 0 saturated heterocycles. The highest BCUT2D eigenvalue weighted by molar-refractivity contribution is 6.32. The zero-order valence-electron chi connectivity index (χ0n) is 10.7. The molecule has 1 aromatic rings. The third-order valence-electron chi connectivity index (χ3n) is 3.65. The van der Waals surface area contributed by atoms with Crippen molar-refractivity contribution in [1.82, 2.24) is 0 Å². The van der Waals surface area contributed by atoms with Crippen LogP contribution in [0.25, 0.3) is 0 Å². The van der Waals surface area contributed by atoms with Gasteiger partial charge in [-0.2, -0.15) is 0 Å². The highest BCUT2D eigenvalue weighted by atomic mass is 35.5. The summed E-state index contributed by atoms with van der Waals surface area (Å²) in [5.74, 6) is 0.713. The maximum Gasteiger partial charge on any atom is 0.138 e. The van der Waals surface area contributed by atoms with Crippen LogP contribution in [0, 0.1) is 5.41 Å². The molecule has 1 saturated carbocycles. The largest absolute Gasteiger partial charge is 0.492 e. The number of aliphatic hydroxyl groups is 1. The average molecular weight is 270 g/mol. The molecule has 18 heavy (non-hydrogen) atoms. The van der Waals surface area contributed by atoms with Gasteiger partial charge in [0.1, 0.15) is 5.75 Å². The molecule has 1 fully saturated rings. The van der Waals surface area contributed by atoms with Crippen LogP contribution in [-0.4, -0.2) is 24.9 Å². The van der Waals surface area contributed by atoms with Crippen molar-refractivity contribution in [3.05, 3.63) is 23.2 Å². The molecule has 0 spiro atoms. The van der Waals surface area contributed by atoms with Crippen LogP contribution in [0.1, 0.15) is 26.2 Å². The van der Waals surface area contributed by atoms with Gasteiger partial charge < -0.3 is 15.2 Å². The SMILES string of the molecule is CCOc1ccc(NCC2(CO)CCC2)cc1Cl. The highest BCUT2D eigenvalue weighted by Crippen LogP contribution is 2.40. The lowest BCUT2D eigenvalue weighted by Crippen LogP contribution is -2.39. The molecule has 2 N–H and O–H groups in total. The highest BCUT2D eigenvalue weighted by Gasteiger charge is 2.35. The number of ether oxygens (including phenoxy) is 1. The minimum absolute atomic E-state index is 0.0745. The van der Waals surface area contributed by atoms with E-state index < -0.39 is 0 Å². The van der Waals surface area contributed by atoms with Gasteiger partial charge in [0, 0.05) is 17.6 Å². The zero-order chi connectivity index (χ0) is 13.0. The fourth-order valence-corrected chi connectivity index (χ4v) is 2.48. The van der Waals surface area contributed by atoms with Crippen molar-refractivity contribution in [2.24, 2.45) is 5.41 Å². The molecule has 0 amide bonds. The molecule has 100 valence electrons. The molecular weight excluding hydrogens is 250 g/mol. The fraction of sp³-hybridized carbons (Fsp3) is 0.571. The van der Waals surface area contributed by atoms with E-state index >= 15 is 0 Å². The van der Waals surface area contributed by atoms with E-state index in [2.05, 4.69) is 5.32 Å². The number of halogens is 1. The monoisotopic (exact) mass is 269 g/mol. The Hall–Kier alpha value is -0.930. The van der Waals surface area contributed by atoms with Gasteiger partial charge in [-0.05, 0) is 38.0 Å².